The number of amides is 2. The second kappa shape index (κ2) is 11.2. The third-order valence-electron chi connectivity index (χ3n) is 6.11. The van der Waals surface area contributed by atoms with Gasteiger partial charge in [0.2, 0.25) is 5.91 Å². The Kier molecular flexibility index (Phi) is 8.32. The minimum Gasteiger partial charge on any atom is -0.484 e. The molecule has 0 unspecified atom stereocenters. The molecule has 1 saturated carbocycles. The molecule has 0 radical (unpaired) electrons. The molecule has 2 aromatic carbocycles. The minimum atomic E-state index is -0.576. The van der Waals surface area contributed by atoms with Gasteiger partial charge >= 0.3 is 0 Å². The Morgan fingerprint density at radius 3 is 2.34 bits per heavy atom. The molecule has 1 fully saturated rings. The quantitative estimate of drug-likeness (QED) is 0.643. The Bertz CT molecular complexity index is 914. The van der Waals surface area contributed by atoms with Crippen LogP contribution in [0.25, 0.3) is 0 Å². The van der Waals surface area contributed by atoms with Gasteiger partial charge in [-0.15, -0.1) is 0 Å². The van der Waals surface area contributed by atoms with Gasteiger partial charge in [-0.2, -0.15) is 0 Å². The molecule has 5 heteroatoms. The largest absolute Gasteiger partial charge is 0.484 e. The van der Waals surface area contributed by atoms with E-state index in [4.69, 9.17) is 4.74 Å². The number of hydrogen-bond donors (Lipinski definition) is 1. The van der Waals surface area contributed by atoms with Crippen LogP contribution in [0.1, 0.15) is 61.3 Å². The summed E-state index contributed by atoms with van der Waals surface area (Å²) in [7, 11) is 0. The van der Waals surface area contributed by atoms with Gasteiger partial charge in [-0.1, -0.05) is 55.2 Å². The smallest absolute Gasteiger partial charge is 0.261 e. The predicted molar refractivity (Wildman–Crippen MR) is 128 cm³/mol. The number of ether oxygens (including phenoxy) is 1. The van der Waals surface area contributed by atoms with E-state index in [1.165, 1.54) is 6.42 Å². The van der Waals surface area contributed by atoms with E-state index < -0.39 is 6.04 Å². The first-order valence-electron chi connectivity index (χ1n) is 11.7. The van der Waals surface area contributed by atoms with Gasteiger partial charge in [-0.3, -0.25) is 9.59 Å². The van der Waals surface area contributed by atoms with Crippen molar-refractivity contribution in [1.29, 1.82) is 0 Å². The molecule has 1 aliphatic carbocycles. The molecule has 3 rings (SSSR count). The highest BCUT2D eigenvalue weighted by Crippen LogP contribution is 2.19. The van der Waals surface area contributed by atoms with E-state index >= 15 is 0 Å². The Balaban J connectivity index is 1.72. The monoisotopic (exact) mass is 436 g/mol. The van der Waals surface area contributed by atoms with Crippen LogP contribution in [0.4, 0.5) is 0 Å². The Morgan fingerprint density at radius 1 is 1.00 bits per heavy atom. The summed E-state index contributed by atoms with van der Waals surface area (Å²) in [6.07, 6.45) is 5.56. The summed E-state index contributed by atoms with van der Waals surface area (Å²) in [6, 6.07) is 13.6. The highest BCUT2D eigenvalue weighted by molar-refractivity contribution is 5.88. The van der Waals surface area contributed by atoms with E-state index in [1.807, 2.05) is 58.0 Å². The van der Waals surface area contributed by atoms with Crippen LogP contribution in [0.5, 0.6) is 5.75 Å². The number of nitrogens with one attached hydrogen (secondary N) is 1. The molecular formula is C27H36N2O3. The zero-order valence-corrected chi connectivity index (χ0v) is 19.8. The van der Waals surface area contributed by atoms with Gasteiger partial charge < -0.3 is 15.0 Å². The van der Waals surface area contributed by atoms with Crippen molar-refractivity contribution in [3.8, 4) is 5.75 Å². The fraction of sp³-hybridized carbons (Fsp3) is 0.481. The summed E-state index contributed by atoms with van der Waals surface area (Å²) >= 11 is 0. The van der Waals surface area contributed by atoms with Crippen molar-refractivity contribution >= 4 is 11.8 Å². The van der Waals surface area contributed by atoms with E-state index in [9.17, 15) is 9.59 Å². The number of nitrogens with zero attached hydrogens (tertiary/aromatic N) is 1. The first-order valence-corrected chi connectivity index (χ1v) is 11.7. The van der Waals surface area contributed by atoms with Crippen molar-refractivity contribution < 1.29 is 14.3 Å². The van der Waals surface area contributed by atoms with Gasteiger partial charge in [0.1, 0.15) is 11.8 Å². The fourth-order valence-corrected chi connectivity index (χ4v) is 4.40. The molecule has 2 amide bonds. The van der Waals surface area contributed by atoms with Crippen LogP contribution in [-0.2, 0) is 16.1 Å². The fourth-order valence-electron chi connectivity index (χ4n) is 4.40. The van der Waals surface area contributed by atoms with Crippen LogP contribution in [0.3, 0.4) is 0 Å². The first kappa shape index (κ1) is 23.8. The van der Waals surface area contributed by atoms with Gasteiger partial charge in [-0.05, 0) is 69.4 Å². The minimum absolute atomic E-state index is 0.0932. The van der Waals surface area contributed by atoms with E-state index in [2.05, 4.69) is 17.4 Å². The lowest BCUT2D eigenvalue weighted by Gasteiger charge is -2.31. The lowest BCUT2D eigenvalue weighted by Crippen LogP contribution is -2.51. The summed E-state index contributed by atoms with van der Waals surface area (Å²) in [5.74, 6) is 0.381. The number of rotatable bonds is 8. The second-order valence-corrected chi connectivity index (χ2v) is 9.14. The SMILES string of the molecule is Cc1cccc(CN(C(=O)COc2cc(C)cc(C)c2)[C@H](C)C(=O)NC2CCCCC2)c1. The van der Waals surface area contributed by atoms with Crippen LogP contribution in [-0.4, -0.2) is 35.4 Å². The molecule has 2 aromatic rings. The van der Waals surface area contributed by atoms with Gasteiger partial charge in [0.15, 0.2) is 6.61 Å². The van der Waals surface area contributed by atoms with Crippen molar-refractivity contribution in [2.75, 3.05) is 6.61 Å². The predicted octanol–water partition coefficient (Wildman–Crippen LogP) is 4.86. The van der Waals surface area contributed by atoms with Crippen LogP contribution in [0.15, 0.2) is 42.5 Å². The third kappa shape index (κ3) is 6.84. The molecule has 0 spiro atoms. The average molecular weight is 437 g/mol. The van der Waals surface area contributed by atoms with E-state index in [0.717, 1.165) is 47.9 Å². The Labute approximate surface area is 192 Å². The summed E-state index contributed by atoms with van der Waals surface area (Å²) < 4.78 is 5.83. The Hall–Kier alpha value is -2.82. The molecule has 0 aliphatic heterocycles. The van der Waals surface area contributed by atoms with Gasteiger partial charge in [0.25, 0.3) is 5.91 Å². The zero-order valence-electron chi connectivity index (χ0n) is 19.8. The molecule has 0 saturated heterocycles. The Morgan fingerprint density at radius 2 is 1.69 bits per heavy atom. The molecular weight excluding hydrogens is 400 g/mol. The summed E-state index contributed by atoms with van der Waals surface area (Å²) in [4.78, 5) is 27.9. The van der Waals surface area contributed by atoms with E-state index in [1.54, 1.807) is 4.90 Å². The standard InChI is InChI=1S/C27H36N2O3/c1-19-9-8-10-23(14-19)17-29(22(4)27(31)28-24-11-6-5-7-12-24)26(30)18-32-25-15-20(2)13-21(3)16-25/h8-10,13-16,22,24H,5-7,11-12,17-18H2,1-4H3,(H,28,31)/t22-/m1/s1. The number of benzene rings is 2. The van der Waals surface area contributed by atoms with Crippen molar-refractivity contribution in [3.05, 3.63) is 64.7 Å². The summed E-state index contributed by atoms with van der Waals surface area (Å²) in [6.45, 7) is 8.11. The average Bonchev–Trinajstić information content (AvgIpc) is 2.75. The summed E-state index contributed by atoms with van der Waals surface area (Å²) in [5.41, 5.74) is 4.30. The second-order valence-electron chi connectivity index (χ2n) is 9.14. The molecule has 1 aliphatic rings. The maximum atomic E-state index is 13.2. The lowest BCUT2D eigenvalue weighted by atomic mass is 9.95. The van der Waals surface area contributed by atoms with Gasteiger partial charge in [0.05, 0.1) is 0 Å². The van der Waals surface area contributed by atoms with Crippen molar-refractivity contribution in [2.24, 2.45) is 0 Å². The van der Waals surface area contributed by atoms with Gasteiger partial charge in [-0.25, -0.2) is 0 Å². The molecule has 0 bridgehead atoms. The van der Waals surface area contributed by atoms with Crippen LogP contribution in [0, 0.1) is 20.8 Å². The molecule has 172 valence electrons. The first-order chi connectivity index (χ1) is 15.3. The molecule has 0 aromatic heterocycles. The lowest BCUT2D eigenvalue weighted by molar-refractivity contribution is -0.142. The molecule has 32 heavy (non-hydrogen) atoms. The maximum Gasteiger partial charge on any atom is 0.261 e. The van der Waals surface area contributed by atoms with E-state index in [-0.39, 0.29) is 24.5 Å². The summed E-state index contributed by atoms with van der Waals surface area (Å²) in [5, 5.41) is 3.17. The van der Waals surface area contributed by atoms with E-state index in [0.29, 0.717) is 12.3 Å². The van der Waals surface area contributed by atoms with Crippen molar-refractivity contribution in [2.45, 2.75) is 78.4 Å². The van der Waals surface area contributed by atoms with Crippen molar-refractivity contribution in [1.82, 2.24) is 10.2 Å². The highest BCUT2D eigenvalue weighted by Gasteiger charge is 2.28. The number of carbonyl (C=O) groups is 2. The van der Waals surface area contributed by atoms with Gasteiger partial charge in [0, 0.05) is 12.6 Å². The zero-order chi connectivity index (χ0) is 23.1. The van der Waals surface area contributed by atoms with Crippen LogP contribution in [0.2, 0.25) is 0 Å². The van der Waals surface area contributed by atoms with Crippen LogP contribution < -0.4 is 10.1 Å². The number of carbonyl (C=O) groups excluding carboxylic acids is 2. The maximum absolute atomic E-state index is 13.2. The molecule has 1 N–H and O–H groups in total. The van der Waals surface area contributed by atoms with Crippen molar-refractivity contribution in [3.63, 3.8) is 0 Å². The number of hydrogen-bond acceptors (Lipinski definition) is 3. The topological polar surface area (TPSA) is 58.6 Å². The molecule has 5 nitrogen and oxygen atoms in total. The normalized spacial score (nSPS) is 15.1. The molecule has 0 heterocycles. The highest BCUT2D eigenvalue weighted by atomic mass is 16.5. The number of aryl methyl sites for hydroxylation is 3. The third-order valence-corrected chi connectivity index (χ3v) is 6.11. The molecule has 1 atom stereocenters. The van der Waals surface area contributed by atoms with Crippen LogP contribution >= 0.6 is 0 Å².